The summed E-state index contributed by atoms with van der Waals surface area (Å²) in [7, 11) is 1.63. The molecule has 1 aliphatic heterocycles. The molecule has 1 heterocycles. The second-order valence-electron chi connectivity index (χ2n) is 4.49. The normalized spacial score (nSPS) is 17.9. The van der Waals surface area contributed by atoms with Crippen molar-refractivity contribution in [3.8, 4) is 11.5 Å². The number of esters is 1. The molecular formula is C14H18O5. The number of carbonyl (C=O) groups is 1. The van der Waals surface area contributed by atoms with Gasteiger partial charge in [0, 0.05) is 25.7 Å². The van der Waals surface area contributed by atoms with Crippen LogP contribution in [0.1, 0.15) is 24.3 Å². The molecule has 104 valence electrons. The zero-order chi connectivity index (χ0) is 13.7. The molecule has 0 bridgehead atoms. The lowest BCUT2D eigenvalue weighted by molar-refractivity contribution is -0.136. The second kappa shape index (κ2) is 6.54. The molecule has 1 aromatic rings. The molecule has 0 aliphatic carbocycles. The predicted octanol–water partition coefficient (Wildman–Crippen LogP) is 1.84. The molecule has 5 nitrogen and oxygen atoms in total. The first-order chi connectivity index (χ1) is 9.20. The number of methoxy groups -OCH3 is 1. The zero-order valence-electron chi connectivity index (χ0n) is 10.9. The van der Waals surface area contributed by atoms with Gasteiger partial charge in [0.05, 0.1) is 19.6 Å². The van der Waals surface area contributed by atoms with Crippen LogP contribution >= 0.6 is 0 Å². The van der Waals surface area contributed by atoms with Crippen molar-refractivity contribution in [3.05, 3.63) is 23.8 Å². The molecular weight excluding hydrogens is 248 g/mol. The summed E-state index contributed by atoms with van der Waals surface area (Å²) < 4.78 is 15.4. The molecule has 0 fully saturated rings. The topological polar surface area (TPSA) is 65.0 Å². The van der Waals surface area contributed by atoms with E-state index < -0.39 is 0 Å². The number of benzene rings is 1. The van der Waals surface area contributed by atoms with Gasteiger partial charge in [-0.15, -0.1) is 0 Å². The van der Waals surface area contributed by atoms with Crippen LogP contribution in [0, 0.1) is 0 Å². The van der Waals surface area contributed by atoms with Crippen LogP contribution in [0.5, 0.6) is 11.5 Å². The van der Waals surface area contributed by atoms with E-state index in [1.54, 1.807) is 19.2 Å². The number of fused-ring (bicyclic) bond motifs is 1. The summed E-state index contributed by atoms with van der Waals surface area (Å²) in [4.78, 5) is 11.5. The van der Waals surface area contributed by atoms with Gasteiger partial charge in [0.1, 0.15) is 11.5 Å². The van der Waals surface area contributed by atoms with E-state index in [0.717, 1.165) is 12.0 Å². The van der Waals surface area contributed by atoms with Crippen molar-refractivity contribution in [2.45, 2.75) is 18.8 Å². The minimum Gasteiger partial charge on any atom is -0.508 e. The van der Waals surface area contributed by atoms with E-state index in [0.29, 0.717) is 32.0 Å². The largest absolute Gasteiger partial charge is 0.508 e. The molecule has 0 aromatic heterocycles. The number of hydrogen-bond acceptors (Lipinski definition) is 5. The van der Waals surface area contributed by atoms with Crippen LogP contribution in [0.25, 0.3) is 0 Å². The minimum atomic E-state index is -0.264. The Kier molecular flexibility index (Phi) is 4.76. The third-order valence-corrected chi connectivity index (χ3v) is 3.12. The lowest BCUT2D eigenvalue weighted by atomic mass is 9.90. The monoisotopic (exact) mass is 266 g/mol. The van der Waals surface area contributed by atoms with Crippen molar-refractivity contribution >= 4 is 5.97 Å². The molecule has 1 atom stereocenters. The molecule has 0 saturated carbocycles. The van der Waals surface area contributed by atoms with Crippen molar-refractivity contribution in [2.24, 2.45) is 0 Å². The highest BCUT2D eigenvalue weighted by molar-refractivity contribution is 5.76. The fourth-order valence-electron chi connectivity index (χ4n) is 2.15. The Bertz CT molecular complexity index is 443. The predicted molar refractivity (Wildman–Crippen MR) is 68.4 cm³/mol. The highest BCUT2D eigenvalue weighted by Gasteiger charge is 2.27. The molecule has 5 heteroatoms. The lowest BCUT2D eigenvalue weighted by Crippen LogP contribution is -2.21. The zero-order valence-corrected chi connectivity index (χ0v) is 10.9. The maximum atomic E-state index is 11.5. The van der Waals surface area contributed by atoms with Crippen LogP contribution in [0.15, 0.2) is 18.2 Å². The van der Waals surface area contributed by atoms with E-state index in [2.05, 4.69) is 0 Å². The van der Waals surface area contributed by atoms with Gasteiger partial charge in [0.15, 0.2) is 0 Å². The van der Waals surface area contributed by atoms with Gasteiger partial charge in [-0.05, 0) is 18.1 Å². The van der Waals surface area contributed by atoms with Crippen LogP contribution < -0.4 is 4.74 Å². The van der Waals surface area contributed by atoms with E-state index in [1.165, 1.54) is 6.07 Å². The fourth-order valence-corrected chi connectivity index (χ4v) is 2.15. The van der Waals surface area contributed by atoms with Crippen LogP contribution in [-0.2, 0) is 14.3 Å². The maximum Gasteiger partial charge on any atom is 0.311 e. The Morgan fingerprint density at radius 2 is 2.21 bits per heavy atom. The first-order valence-corrected chi connectivity index (χ1v) is 6.31. The van der Waals surface area contributed by atoms with Crippen molar-refractivity contribution in [1.82, 2.24) is 0 Å². The van der Waals surface area contributed by atoms with Crippen LogP contribution in [0.2, 0.25) is 0 Å². The number of aromatic hydroxyl groups is 1. The average Bonchev–Trinajstić information content (AvgIpc) is 2.37. The van der Waals surface area contributed by atoms with Gasteiger partial charge in [0.25, 0.3) is 0 Å². The van der Waals surface area contributed by atoms with Gasteiger partial charge in [-0.25, -0.2) is 0 Å². The molecule has 0 spiro atoms. The third kappa shape index (κ3) is 3.68. The Balaban J connectivity index is 1.96. The van der Waals surface area contributed by atoms with Crippen LogP contribution in [0.4, 0.5) is 0 Å². The molecule has 1 N–H and O–H groups in total. The van der Waals surface area contributed by atoms with Gasteiger partial charge in [-0.1, -0.05) is 6.07 Å². The molecule has 0 radical (unpaired) electrons. The van der Waals surface area contributed by atoms with E-state index in [1.807, 2.05) is 0 Å². The maximum absolute atomic E-state index is 11.5. The Hall–Kier alpha value is -1.59. The van der Waals surface area contributed by atoms with Crippen molar-refractivity contribution in [2.75, 3.05) is 26.9 Å². The smallest absolute Gasteiger partial charge is 0.311 e. The summed E-state index contributed by atoms with van der Waals surface area (Å²) in [5.74, 6) is 0.376. The molecule has 1 unspecified atom stereocenters. The van der Waals surface area contributed by atoms with E-state index in [9.17, 15) is 9.90 Å². The van der Waals surface area contributed by atoms with E-state index in [-0.39, 0.29) is 17.6 Å². The third-order valence-electron chi connectivity index (χ3n) is 3.12. The van der Waals surface area contributed by atoms with Crippen molar-refractivity contribution < 1.29 is 24.1 Å². The van der Waals surface area contributed by atoms with Crippen LogP contribution in [0.3, 0.4) is 0 Å². The van der Waals surface area contributed by atoms with Gasteiger partial charge in [-0.2, -0.15) is 0 Å². The molecule has 0 amide bonds. The van der Waals surface area contributed by atoms with Crippen molar-refractivity contribution in [3.63, 3.8) is 0 Å². The van der Waals surface area contributed by atoms with Crippen molar-refractivity contribution in [1.29, 1.82) is 0 Å². The SMILES string of the molecule is COCCOCCC1CC(=O)Oc2cc(O)ccc21. The quantitative estimate of drug-likeness (QED) is 0.483. The first kappa shape index (κ1) is 13.8. The summed E-state index contributed by atoms with van der Waals surface area (Å²) in [6.45, 7) is 1.69. The van der Waals surface area contributed by atoms with Crippen LogP contribution in [-0.4, -0.2) is 38.0 Å². The number of phenolic OH excluding ortho intramolecular Hbond substituents is 1. The Morgan fingerprint density at radius 3 is 3.00 bits per heavy atom. The summed E-state index contributed by atoms with van der Waals surface area (Å²) in [6, 6.07) is 4.89. The van der Waals surface area contributed by atoms with Gasteiger partial charge >= 0.3 is 5.97 Å². The molecule has 1 aliphatic rings. The van der Waals surface area contributed by atoms with Gasteiger partial charge < -0.3 is 19.3 Å². The number of hydrogen-bond donors (Lipinski definition) is 1. The van der Waals surface area contributed by atoms with Gasteiger partial charge in [0.2, 0.25) is 0 Å². The van der Waals surface area contributed by atoms with Gasteiger partial charge in [-0.3, -0.25) is 4.79 Å². The number of phenols is 1. The number of rotatable bonds is 6. The highest BCUT2D eigenvalue weighted by Crippen LogP contribution is 2.38. The standard InChI is InChI=1S/C14H18O5/c1-17-6-7-18-5-4-10-8-14(16)19-13-9-11(15)2-3-12(10)13/h2-3,9-10,15H,4-8H2,1H3. The summed E-state index contributed by atoms with van der Waals surface area (Å²) in [5, 5.41) is 9.40. The Morgan fingerprint density at radius 1 is 1.37 bits per heavy atom. The average molecular weight is 266 g/mol. The molecule has 2 rings (SSSR count). The summed E-state index contributed by atoms with van der Waals surface area (Å²) >= 11 is 0. The first-order valence-electron chi connectivity index (χ1n) is 6.31. The van der Waals surface area contributed by atoms with E-state index >= 15 is 0 Å². The highest BCUT2D eigenvalue weighted by atomic mass is 16.5. The number of ether oxygens (including phenoxy) is 3. The molecule has 19 heavy (non-hydrogen) atoms. The van der Waals surface area contributed by atoms with E-state index in [4.69, 9.17) is 14.2 Å². The summed E-state index contributed by atoms with van der Waals surface area (Å²) in [5.41, 5.74) is 0.952. The second-order valence-corrected chi connectivity index (χ2v) is 4.49. The summed E-state index contributed by atoms with van der Waals surface area (Å²) in [6.07, 6.45) is 1.10. The molecule has 0 saturated heterocycles. The molecule has 1 aromatic carbocycles. The minimum absolute atomic E-state index is 0.0828. The fraction of sp³-hybridized carbons (Fsp3) is 0.500. The Labute approximate surface area is 112 Å². The number of carbonyl (C=O) groups excluding carboxylic acids is 1. The lowest BCUT2D eigenvalue weighted by Gasteiger charge is -2.24.